The second-order valence-electron chi connectivity index (χ2n) is 3.44. The summed E-state index contributed by atoms with van der Waals surface area (Å²) in [7, 11) is -3.76. The van der Waals surface area contributed by atoms with Crippen molar-refractivity contribution in [2.45, 2.75) is 30.5 Å². The Hall–Kier alpha value is -0.440. The van der Waals surface area contributed by atoms with E-state index in [0.29, 0.717) is 0 Å². The molecule has 1 aromatic rings. The fourth-order valence-corrected chi connectivity index (χ4v) is 4.63. The summed E-state index contributed by atoms with van der Waals surface area (Å²) >= 11 is 4.29. The molecule has 0 saturated carbocycles. The zero-order chi connectivity index (χ0) is 13.2. The molecule has 2 N–H and O–H groups in total. The van der Waals surface area contributed by atoms with Crippen LogP contribution in [0.3, 0.4) is 0 Å². The molecular weight excluding hydrogens is 330 g/mol. The van der Waals surface area contributed by atoms with Gasteiger partial charge in [0.05, 0.1) is 3.79 Å². The van der Waals surface area contributed by atoms with Crippen LogP contribution in [-0.2, 0) is 14.8 Å². The summed E-state index contributed by atoms with van der Waals surface area (Å²) in [5.41, 5.74) is 0.804. The predicted octanol–water partition coefficient (Wildman–Crippen LogP) is 1.96. The zero-order valence-corrected chi connectivity index (χ0v) is 12.4. The zero-order valence-electron chi connectivity index (χ0n) is 9.23. The lowest BCUT2D eigenvalue weighted by molar-refractivity contribution is -0.139. The Labute approximate surface area is 112 Å². The number of sulfonamides is 1. The van der Waals surface area contributed by atoms with Crippen LogP contribution in [0.1, 0.15) is 18.9 Å². The summed E-state index contributed by atoms with van der Waals surface area (Å²) in [4.78, 5) is 10.8. The molecule has 0 saturated heterocycles. The van der Waals surface area contributed by atoms with Gasteiger partial charge in [0.15, 0.2) is 0 Å². The van der Waals surface area contributed by atoms with Crippen LogP contribution < -0.4 is 4.72 Å². The van der Waals surface area contributed by atoms with Gasteiger partial charge < -0.3 is 5.11 Å². The first-order valence-electron chi connectivity index (χ1n) is 4.79. The van der Waals surface area contributed by atoms with Crippen LogP contribution in [0, 0.1) is 6.92 Å². The first-order valence-corrected chi connectivity index (χ1v) is 7.88. The van der Waals surface area contributed by atoms with E-state index in [1.165, 1.54) is 6.07 Å². The van der Waals surface area contributed by atoms with Gasteiger partial charge in [0.25, 0.3) is 10.0 Å². The van der Waals surface area contributed by atoms with Crippen molar-refractivity contribution in [2.24, 2.45) is 0 Å². The van der Waals surface area contributed by atoms with Gasteiger partial charge in [0.1, 0.15) is 10.3 Å². The highest BCUT2D eigenvalue weighted by Crippen LogP contribution is 2.30. The molecule has 1 rings (SSSR count). The Morgan fingerprint density at radius 3 is 2.59 bits per heavy atom. The van der Waals surface area contributed by atoms with Gasteiger partial charge in [-0.25, -0.2) is 8.42 Å². The first-order chi connectivity index (χ1) is 7.77. The van der Waals surface area contributed by atoms with Gasteiger partial charge in [-0.1, -0.05) is 6.92 Å². The number of hydrogen-bond acceptors (Lipinski definition) is 4. The molecular formula is C9H12BrNO4S2. The highest BCUT2D eigenvalue weighted by atomic mass is 79.9. The molecule has 17 heavy (non-hydrogen) atoms. The number of thiophene rings is 1. The summed E-state index contributed by atoms with van der Waals surface area (Å²) in [6.07, 6.45) is 0.195. The number of aliphatic carboxylic acids is 1. The van der Waals surface area contributed by atoms with Crippen LogP contribution in [0.4, 0.5) is 0 Å². The number of halogens is 1. The van der Waals surface area contributed by atoms with Crippen molar-refractivity contribution in [1.82, 2.24) is 4.72 Å². The Balaban J connectivity index is 3.00. The van der Waals surface area contributed by atoms with Crippen LogP contribution in [0.15, 0.2) is 14.1 Å². The van der Waals surface area contributed by atoms with Crippen molar-refractivity contribution in [2.75, 3.05) is 0 Å². The molecule has 1 aromatic heterocycles. The highest BCUT2D eigenvalue weighted by Gasteiger charge is 2.25. The van der Waals surface area contributed by atoms with Crippen LogP contribution in [0.2, 0.25) is 0 Å². The van der Waals surface area contributed by atoms with E-state index in [1.807, 2.05) is 0 Å². The van der Waals surface area contributed by atoms with Crippen LogP contribution in [0.25, 0.3) is 0 Å². The molecule has 0 spiro atoms. The van der Waals surface area contributed by atoms with Crippen molar-refractivity contribution in [3.8, 4) is 0 Å². The summed E-state index contributed by atoms with van der Waals surface area (Å²) in [6, 6.07) is 0.409. The third-order valence-electron chi connectivity index (χ3n) is 2.10. The number of carboxylic acid groups (broad SMARTS) is 1. The molecule has 0 fully saturated rings. The average molecular weight is 342 g/mol. The van der Waals surface area contributed by atoms with Gasteiger partial charge in [0, 0.05) is 0 Å². The number of nitrogens with one attached hydrogen (secondary N) is 1. The van der Waals surface area contributed by atoms with E-state index in [4.69, 9.17) is 5.11 Å². The second kappa shape index (κ2) is 5.47. The lowest BCUT2D eigenvalue weighted by Gasteiger charge is -2.11. The van der Waals surface area contributed by atoms with Crippen molar-refractivity contribution in [1.29, 1.82) is 0 Å². The summed E-state index contributed by atoms with van der Waals surface area (Å²) in [6.45, 7) is 3.38. The fraction of sp³-hybridized carbons (Fsp3) is 0.444. The van der Waals surface area contributed by atoms with Crippen LogP contribution in [0.5, 0.6) is 0 Å². The first kappa shape index (κ1) is 14.6. The Kier molecular flexibility index (Phi) is 4.70. The van der Waals surface area contributed by atoms with Gasteiger partial charge in [-0.3, -0.25) is 4.79 Å². The number of aryl methyl sites for hydroxylation is 1. The molecule has 0 aliphatic rings. The average Bonchev–Trinajstić information content (AvgIpc) is 2.56. The Bertz CT molecular complexity index is 504. The maximum absolute atomic E-state index is 11.9. The van der Waals surface area contributed by atoms with E-state index < -0.39 is 22.0 Å². The molecule has 5 nitrogen and oxygen atoms in total. The molecule has 1 atom stereocenters. The molecule has 0 aliphatic heterocycles. The molecule has 8 heteroatoms. The molecule has 1 heterocycles. The standard InChI is InChI=1S/C9H12BrNO4S2/c1-3-6(9(12)13)11-17(14,15)7-4-5(2)8(10)16-7/h4,6,11H,3H2,1-2H3,(H,12,13). The molecule has 0 aromatic carbocycles. The topological polar surface area (TPSA) is 83.5 Å². The summed E-state index contributed by atoms with van der Waals surface area (Å²) < 4.78 is 26.8. The van der Waals surface area contributed by atoms with Crippen LogP contribution >= 0.6 is 27.3 Å². The Morgan fingerprint density at radius 2 is 2.24 bits per heavy atom. The molecule has 0 amide bonds. The molecule has 0 aliphatic carbocycles. The van der Waals surface area contributed by atoms with E-state index in [2.05, 4.69) is 20.7 Å². The maximum Gasteiger partial charge on any atom is 0.321 e. The number of rotatable bonds is 5. The highest BCUT2D eigenvalue weighted by molar-refractivity contribution is 9.11. The minimum Gasteiger partial charge on any atom is -0.480 e. The normalized spacial score (nSPS) is 13.6. The second-order valence-corrected chi connectivity index (χ2v) is 7.75. The van der Waals surface area contributed by atoms with Gasteiger partial charge >= 0.3 is 5.97 Å². The number of carbonyl (C=O) groups is 1. The van der Waals surface area contributed by atoms with Gasteiger partial charge in [-0.15, -0.1) is 11.3 Å². The Morgan fingerprint density at radius 1 is 1.65 bits per heavy atom. The summed E-state index contributed by atoms with van der Waals surface area (Å²) in [5.74, 6) is -1.18. The molecule has 1 unspecified atom stereocenters. The van der Waals surface area contributed by atoms with E-state index >= 15 is 0 Å². The maximum atomic E-state index is 11.9. The quantitative estimate of drug-likeness (QED) is 0.857. The van der Waals surface area contributed by atoms with E-state index in [-0.39, 0.29) is 10.6 Å². The number of hydrogen-bond donors (Lipinski definition) is 2. The largest absolute Gasteiger partial charge is 0.480 e. The van der Waals surface area contributed by atoms with E-state index in [9.17, 15) is 13.2 Å². The third kappa shape index (κ3) is 3.51. The van der Waals surface area contributed by atoms with Crippen molar-refractivity contribution in [3.63, 3.8) is 0 Å². The monoisotopic (exact) mass is 341 g/mol. The van der Waals surface area contributed by atoms with Crippen LogP contribution in [-0.4, -0.2) is 25.5 Å². The van der Waals surface area contributed by atoms with Gasteiger partial charge in [-0.05, 0) is 40.9 Å². The van der Waals surface area contributed by atoms with Gasteiger partial charge in [-0.2, -0.15) is 4.72 Å². The van der Waals surface area contributed by atoms with Crippen molar-refractivity contribution in [3.05, 3.63) is 15.4 Å². The lowest BCUT2D eigenvalue weighted by atomic mass is 10.2. The van der Waals surface area contributed by atoms with Crippen molar-refractivity contribution >= 4 is 43.3 Å². The van der Waals surface area contributed by atoms with Crippen molar-refractivity contribution < 1.29 is 18.3 Å². The lowest BCUT2D eigenvalue weighted by Crippen LogP contribution is -2.39. The minimum atomic E-state index is -3.76. The molecule has 0 radical (unpaired) electrons. The SMILES string of the molecule is CCC(NS(=O)(=O)c1cc(C)c(Br)s1)C(=O)O. The molecule has 96 valence electrons. The fourth-order valence-electron chi connectivity index (χ4n) is 1.12. The minimum absolute atomic E-state index is 0.113. The number of carboxylic acids is 1. The predicted molar refractivity (Wildman–Crippen MR) is 68.8 cm³/mol. The summed E-state index contributed by atoms with van der Waals surface area (Å²) in [5, 5.41) is 8.81. The smallest absolute Gasteiger partial charge is 0.321 e. The van der Waals surface area contributed by atoms with Gasteiger partial charge in [0.2, 0.25) is 0 Å². The third-order valence-corrected chi connectivity index (χ3v) is 6.19. The van der Waals surface area contributed by atoms with E-state index in [1.54, 1.807) is 13.8 Å². The molecule has 0 bridgehead atoms. The van der Waals surface area contributed by atoms with E-state index in [0.717, 1.165) is 20.7 Å².